The van der Waals surface area contributed by atoms with E-state index in [0.29, 0.717) is 5.56 Å². The molecule has 1 unspecified atom stereocenters. The summed E-state index contributed by atoms with van der Waals surface area (Å²) in [4.78, 5) is 0. The van der Waals surface area contributed by atoms with E-state index in [0.717, 1.165) is 18.9 Å². The zero-order valence-electron chi connectivity index (χ0n) is 7.86. The SMILES string of the molecule is CCCC(N)c1ccc(F)c(F)c1Br. The predicted octanol–water partition coefficient (Wildman–Crippen LogP) is 3.53. The molecule has 0 aliphatic carbocycles. The van der Waals surface area contributed by atoms with Gasteiger partial charge in [-0.1, -0.05) is 19.4 Å². The second-order valence-corrected chi connectivity index (χ2v) is 3.95. The van der Waals surface area contributed by atoms with Crippen LogP contribution in [0.3, 0.4) is 0 Å². The number of hydrogen-bond acceptors (Lipinski definition) is 1. The highest BCUT2D eigenvalue weighted by Gasteiger charge is 2.15. The fourth-order valence-corrected chi connectivity index (χ4v) is 1.91. The first-order valence-corrected chi connectivity index (χ1v) is 5.26. The van der Waals surface area contributed by atoms with Crippen LogP contribution in [0.15, 0.2) is 16.6 Å². The van der Waals surface area contributed by atoms with Crippen molar-refractivity contribution in [1.29, 1.82) is 0 Å². The molecule has 0 radical (unpaired) electrons. The molecular formula is C10H12BrF2N. The third-order valence-electron chi connectivity index (χ3n) is 2.06. The van der Waals surface area contributed by atoms with Gasteiger partial charge in [-0.25, -0.2) is 8.78 Å². The summed E-state index contributed by atoms with van der Waals surface area (Å²) in [5, 5.41) is 0. The third kappa shape index (κ3) is 2.30. The maximum Gasteiger partial charge on any atom is 0.173 e. The van der Waals surface area contributed by atoms with E-state index in [1.165, 1.54) is 6.07 Å². The van der Waals surface area contributed by atoms with E-state index in [9.17, 15) is 8.78 Å². The van der Waals surface area contributed by atoms with E-state index in [1.54, 1.807) is 0 Å². The van der Waals surface area contributed by atoms with Gasteiger partial charge in [-0.3, -0.25) is 0 Å². The summed E-state index contributed by atoms with van der Waals surface area (Å²) in [7, 11) is 0. The quantitative estimate of drug-likeness (QED) is 0.830. The molecule has 1 aromatic carbocycles. The van der Waals surface area contributed by atoms with Crippen LogP contribution < -0.4 is 5.73 Å². The zero-order chi connectivity index (χ0) is 10.7. The molecule has 1 aromatic rings. The van der Waals surface area contributed by atoms with Gasteiger partial charge in [0.15, 0.2) is 11.6 Å². The first-order chi connectivity index (χ1) is 6.57. The van der Waals surface area contributed by atoms with Crippen molar-refractivity contribution in [2.75, 3.05) is 0 Å². The molecule has 1 atom stereocenters. The lowest BCUT2D eigenvalue weighted by atomic mass is 10.0. The number of rotatable bonds is 3. The summed E-state index contributed by atoms with van der Waals surface area (Å²) < 4.78 is 26.0. The molecule has 78 valence electrons. The highest BCUT2D eigenvalue weighted by atomic mass is 79.9. The van der Waals surface area contributed by atoms with Crippen LogP contribution in [0.2, 0.25) is 0 Å². The summed E-state index contributed by atoms with van der Waals surface area (Å²) in [6.07, 6.45) is 1.66. The van der Waals surface area contributed by atoms with Crippen molar-refractivity contribution in [3.05, 3.63) is 33.8 Å². The molecule has 1 nitrogen and oxygen atoms in total. The topological polar surface area (TPSA) is 26.0 Å². The van der Waals surface area contributed by atoms with Crippen LogP contribution in [0, 0.1) is 11.6 Å². The second kappa shape index (κ2) is 4.84. The second-order valence-electron chi connectivity index (χ2n) is 3.16. The summed E-state index contributed by atoms with van der Waals surface area (Å²) in [5.74, 6) is -1.72. The Kier molecular flexibility index (Phi) is 4.01. The maximum absolute atomic E-state index is 13.1. The molecule has 2 N–H and O–H groups in total. The Morgan fingerprint density at radius 2 is 2.07 bits per heavy atom. The van der Waals surface area contributed by atoms with Gasteiger partial charge < -0.3 is 5.73 Å². The van der Waals surface area contributed by atoms with Crippen molar-refractivity contribution < 1.29 is 8.78 Å². The molecule has 0 fully saturated rings. The number of halogens is 3. The third-order valence-corrected chi connectivity index (χ3v) is 2.87. The van der Waals surface area contributed by atoms with Crippen molar-refractivity contribution >= 4 is 15.9 Å². The molecule has 0 amide bonds. The van der Waals surface area contributed by atoms with Gasteiger partial charge in [0.05, 0.1) is 4.47 Å². The van der Waals surface area contributed by atoms with E-state index in [1.807, 2.05) is 6.92 Å². The average Bonchev–Trinajstić information content (AvgIpc) is 2.15. The van der Waals surface area contributed by atoms with Crippen molar-refractivity contribution in [3.8, 4) is 0 Å². The van der Waals surface area contributed by atoms with Crippen molar-refractivity contribution in [1.82, 2.24) is 0 Å². The van der Waals surface area contributed by atoms with Gasteiger partial charge >= 0.3 is 0 Å². The molecule has 0 heterocycles. The molecule has 0 saturated carbocycles. The smallest absolute Gasteiger partial charge is 0.173 e. The van der Waals surface area contributed by atoms with Crippen molar-refractivity contribution in [3.63, 3.8) is 0 Å². The molecule has 0 bridgehead atoms. The fourth-order valence-electron chi connectivity index (χ4n) is 1.29. The zero-order valence-corrected chi connectivity index (χ0v) is 9.44. The Morgan fingerprint density at radius 3 is 2.64 bits per heavy atom. The van der Waals surface area contributed by atoms with Gasteiger partial charge in [0.25, 0.3) is 0 Å². The molecule has 1 rings (SSSR count). The molecule has 0 spiro atoms. The molecule has 0 aliphatic heterocycles. The largest absolute Gasteiger partial charge is 0.324 e. The summed E-state index contributed by atoms with van der Waals surface area (Å²) >= 11 is 3.01. The van der Waals surface area contributed by atoms with Gasteiger partial charge in [-0.2, -0.15) is 0 Å². The van der Waals surface area contributed by atoms with Gasteiger partial charge in [-0.05, 0) is 34.0 Å². The van der Waals surface area contributed by atoms with Crippen LogP contribution in [-0.2, 0) is 0 Å². The van der Waals surface area contributed by atoms with Crippen LogP contribution in [0.4, 0.5) is 8.78 Å². The number of hydrogen-bond donors (Lipinski definition) is 1. The number of nitrogens with two attached hydrogens (primary N) is 1. The Balaban J connectivity index is 3.04. The Labute approximate surface area is 90.4 Å². The van der Waals surface area contributed by atoms with Crippen molar-refractivity contribution in [2.24, 2.45) is 5.73 Å². The van der Waals surface area contributed by atoms with E-state index in [2.05, 4.69) is 15.9 Å². The monoisotopic (exact) mass is 263 g/mol. The minimum Gasteiger partial charge on any atom is -0.324 e. The van der Waals surface area contributed by atoms with Crippen LogP contribution in [0.25, 0.3) is 0 Å². The Bertz CT molecular complexity index is 328. The van der Waals surface area contributed by atoms with E-state index < -0.39 is 11.6 Å². The summed E-state index contributed by atoms with van der Waals surface area (Å²) in [6, 6.07) is 2.37. The summed E-state index contributed by atoms with van der Waals surface area (Å²) in [6.45, 7) is 1.99. The first-order valence-electron chi connectivity index (χ1n) is 4.46. The minimum atomic E-state index is -0.867. The molecule has 0 saturated heterocycles. The lowest BCUT2D eigenvalue weighted by Gasteiger charge is -2.13. The Morgan fingerprint density at radius 1 is 1.43 bits per heavy atom. The normalized spacial score (nSPS) is 12.9. The Hall–Kier alpha value is -0.480. The molecule has 4 heteroatoms. The average molecular weight is 264 g/mol. The molecule has 14 heavy (non-hydrogen) atoms. The van der Waals surface area contributed by atoms with E-state index in [-0.39, 0.29) is 10.5 Å². The number of benzene rings is 1. The van der Waals surface area contributed by atoms with Crippen LogP contribution >= 0.6 is 15.9 Å². The highest BCUT2D eigenvalue weighted by Crippen LogP contribution is 2.28. The van der Waals surface area contributed by atoms with Gasteiger partial charge in [0.1, 0.15) is 0 Å². The van der Waals surface area contributed by atoms with Crippen LogP contribution in [0.5, 0.6) is 0 Å². The van der Waals surface area contributed by atoms with Gasteiger partial charge in [0.2, 0.25) is 0 Å². The fraction of sp³-hybridized carbons (Fsp3) is 0.400. The van der Waals surface area contributed by atoms with Gasteiger partial charge in [0, 0.05) is 6.04 Å². The molecule has 0 aliphatic rings. The minimum absolute atomic E-state index is 0.137. The highest BCUT2D eigenvalue weighted by molar-refractivity contribution is 9.10. The first kappa shape index (κ1) is 11.6. The molecular weight excluding hydrogens is 252 g/mol. The van der Waals surface area contributed by atoms with E-state index in [4.69, 9.17) is 5.73 Å². The lowest BCUT2D eigenvalue weighted by molar-refractivity contribution is 0.498. The van der Waals surface area contributed by atoms with Crippen LogP contribution in [0.1, 0.15) is 31.4 Å². The lowest BCUT2D eigenvalue weighted by Crippen LogP contribution is -2.11. The van der Waals surface area contributed by atoms with Crippen LogP contribution in [-0.4, -0.2) is 0 Å². The standard InChI is InChI=1S/C10H12BrF2N/c1-2-3-8(14)6-4-5-7(12)10(13)9(6)11/h4-5,8H,2-3,14H2,1H3. The predicted molar refractivity (Wildman–Crippen MR) is 55.9 cm³/mol. The maximum atomic E-state index is 13.1. The molecule has 0 aromatic heterocycles. The summed E-state index contributed by atoms with van der Waals surface area (Å²) in [5.41, 5.74) is 6.42. The van der Waals surface area contributed by atoms with Gasteiger partial charge in [-0.15, -0.1) is 0 Å². The van der Waals surface area contributed by atoms with E-state index >= 15 is 0 Å². The van der Waals surface area contributed by atoms with Crippen molar-refractivity contribution in [2.45, 2.75) is 25.8 Å².